The largest absolute Gasteiger partial charge is 0.464 e. The number of rotatable bonds is 3. The molecule has 1 aromatic heterocycles. The number of aromatic nitrogens is 3. The summed E-state index contributed by atoms with van der Waals surface area (Å²) >= 11 is 0. The van der Waals surface area contributed by atoms with Gasteiger partial charge in [0.2, 0.25) is 5.82 Å². The first-order valence-corrected chi connectivity index (χ1v) is 6.50. The van der Waals surface area contributed by atoms with E-state index in [1.807, 2.05) is 0 Å². The molecule has 0 aliphatic carbocycles. The van der Waals surface area contributed by atoms with E-state index in [1.165, 1.54) is 4.90 Å². The maximum Gasteiger partial charge on any atom is 0.328 e. The van der Waals surface area contributed by atoms with E-state index >= 15 is 0 Å². The van der Waals surface area contributed by atoms with Crippen molar-refractivity contribution in [3.05, 3.63) is 11.6 Å². The van der Waals surface area contributed by atoms with Crippen molar-refractivity contribution < 1.29 is 14.3 Å². The average molecular weight is 266 g/mol. The second kappa shape index (κ2) is 5.81. The molecule has 2 heterocycles. The van der Waals surface area contributed by atoms with Gasteiger partial charge >= 0.3 is 5.97 Å². The fourth-order valence-corrected chi connectivity index (χ4v) is 2.22. The van der Waals surface area contributed by atoms with E-state index in [9.17, 15) is 9.59 Å². The molecular formula is C12H18N4O3. The fraction of sp³-hybridized carbons (Fsp3) is 0.667. The van der Waals surface area contributed by atoms with Crippen molar-refractivity contribution in [2.75, 3.05) is 13.2 Å². The van der Waals surface area contributed by atoms with E-state index in [0.717, 1.165) is 12.8 Å². The maximum absolute atomic E-state index is 12.3. The highest BCUT2D eigenvalue weighted by molar-refractivity contribution is 5.93. The molecule has 1 aromatic rings. The molecular weight excluding hydrogens is 248 g/mol. The van der Waals surface area contributed by atoms with Crippen LogP contribution in [0.2, 0.25) is 0 Å². The summed E-state index contributed by atoms with van der Waals surface area (Å²) in [5.74, 6) is 0.0200. The van der Waals surface area contributed by atoms with Crippen molar-refractivity contribution in [2.24, 2.45) is 0 Å². The second-order valence-corrected chi connectivity index (χ2v) is 4.51. The molecule has 1 saturated heterocycles. The molecule has 0 aromatic carbocycles. The minimum absolute atomic E-state index is 0.105. The number of aromatic amines is 1. The number of carbonyl (C=O) groups is 2. The molecule has 0 saturated carbocycles. The van der Waals surface area contributed by atoms with Gasteiger partial charge in [0, 0.05) is 6.54 Å². The van der Waals surface area contributed by atoms with Crippen molar-refractivity contribution in [1.29, 1.82) is 0 Å². The number of esters is 1. The van der Waals surface area contributed by atoms with Gasteiger partial charge in [-0.3, -0.25) is 9.89 Å². The standard InChI is InChI=1S/C12H18N4O3/c1-3-19-12(18)9-6-4-5-7-16(9)11(17)10-13-8(2)14-15-10/h9H,3-7H2,1-2H3,(H,13,14,15). The van der Waals surface area contributed by atoms with Crippen LogP contribution in [-0.2, 0) is 9.53 Å². The number of carbonyl (C=O) groups excluding carboxylic acids is 2. The van der Waals surface area contributed by atoms with Crippen LogP contribution in [0.25, 0.3) is 0 Å². The van der Waals surface area contributed by atoms with Gasteiger partial charge in [-0.1, -0.05) is 0 Å². The van der Waals surface area contributed by atoms with Gasteiger partial charge in [-0.05, 0) is 33.1 Å². The predicted octanol–water partition coefficient (Wildman–Crippen LogP) is 0.671. The molecule has 1 aliphatic heterocycles. The molecule has 19 heavy (non-hydrogen) atoms. The monoisotopic (exact) mass is 266 g/mol. The van der Waals surface area contributed by atoms with E-state index in [0.29, 0.717) is 25.4 Å². The molecule has 0 spiro atoms. The van der Waals surface area contributed by atoms with Crippen molar-refractivity contribution >= 4 is 11.9 Å². The van der Waals surface area contributed by atoms with E-state index in [4.69, 9.17) is 4.74 Å². The van der Waals surface area contributed by atoms with Crippen molar-refractivity contribution in [3.63, 3.8) is 0 Å². The number of likely N-dealkylation sites (tertiary alicyclic amines) is 1. The van der Waals surface area contributed by atoms with E-state index in [-0.39, 0.29) is 17.7 Å². The third kappa shape index (κ3) is 2.91. The maximum atomic E-state index is 12.3. The molecule has 2 rings (SSSR count). The Balaban J connectivity index is 2.15. The lowest BCUT2D eigenvalue weighted by Crippen LogP contribution is -2.49. The molecule has 1 aliphatic rings. The summed E-state index contributed by atoms with van der Waals surface area (Å²) in [6.07, 6.45) is 2.43. The van der Waals surface area contributed by atoms with Gasteiger partial charge in [-0.2, -0.15) is 0 Å². The SMILES string of the molecule is CCOC(=O)C1CCCCN1C(=O)c1n[nH]c(C)n1. The lowest BCUT2D eigenvalue weighted by atomic mass is 10.0. The Morgan fingerprint density at radius 3 is 2.89 bits per heavy atom. The van der Waals surface area contributed by atoms with Crippen molar-refractivity contribution in [1.82, 2.24) is 20.1 Å². The zero-order valence-electron chi connectivity index (χ0n) is 11.2. The van der Waals surface area contributed by atoms with Crippen molar-refractivity contribution in [2.45, 2.75) is 39.2 Å². The molecule has 1 N–H and O–H groups in total. The molecule has 104 valence electrons. The highest BCUT2D eigenvalue weighted by atomic mass is 16.5. The van der Waals surface area contributed by atoms with E-state index in [1.54, 1.807) is 13.8 Å². The van der Waals surface area contributed by atoms with Gasteiger partial charge in [0.25, 0.3) is 5.91 Å². The molecule has 0 radical (unpaired) electrons. The lowest BCUT2D eigenvalue weighted by molar-refractivity contribution is -0.149. The first-order valence-electron chi connectivity index (χ1n) is 6.50. The summed E-state index contributed by atoms with van der Waals surface area (Å²) in [6.45, 7) is 4.33. The molecule has 0 bridgehead atoms. The predicted molar refractivity (Wildman–Crippen MR) is 66.4 cm³/mol. The summed E-state index contributed by atoms with van der Waals surface area (Å²) in [7, 11) is 0. The van der Waals surface area contributed by atoms with Crippen LogP contribution in [0.1, 0.15) is 42.6 Å². The Kier molecular flexibility index (Phi) is 4.13. The number of piperidine rings is 1. The fourth-order valence-electron chi connectivity index (χ4n) is 2.22. The van der Waals surface area contributed by atoms with Gasteiger partial charge in [-0.25, -0.2) is 9.78 Å². The molecule has 1 atom stereocenters. The molecule has 7 heteroatoms. The number of hydrogen-bond donors (Lipinski definition) is 1. The van der Waals surface area contributed by atoms with Crippen LogP contribution in [0.3, 0.4) is 0 Å². The topological polar surface area (TPSA) is 88.2 Å². The first-order chi connectivity index (χ1) is 9.13. The van der Waals surface area contributed by atoms with Crippen LogP contribution < -0.4 is 0 Å². The number of aryl methyl sites for hydroxylation is 1. The number of hydrogen-bond acceptors (Lipinski definition) is 5. The van der Waals surface area contributed by atoms with Crippen LogP contribution >= 0.6 is 0 Å². The van der Waals surface area contributed by atoms with Crippen LogP contribution in [-0.4, -0.2) is 51.2 Å². The van der Waals surface area contributed by atoms with E-state index in [2.05, 4.69) is 15.2 Å². The Morgan fingerprint density at radius 1 is 1.47 bits per heavy atom. The Morgan fingerprint density at radius 2 is 2.26 bits per heavy atom. The lowest BCUT2D eigenvalue weighted by Gasteiger charge is -2.33. The van der Waals surface area contributed by atoms with Crippen LogP contribution in [0, 0.1) is 6.92 Å². The summed E-state index contributed by atoms with van der Waals surface area (Å²) in [6, 6.07) is -0.514. The van der Waals surface area contributed by atoms with Crippen molar-refractivity contribution in [3.8, 4) is 0 Å². The van der Waals surface area contributed by atoms with Gasteiger partial charge in [0.15, 0.2) is 0 Å². The van der Waals surface area contributed by atoms with Gasteiger partial charge in [0.05, 0.1) is 6.61 Å². The summed E-state index contributed by atoms with van der Waals surface area (Å²) in [4.78, 5) is 29.7. The van der Waals surface area contributed by atoms with Crippen LogP contribution in [0.15, 0.2) is 0 Å². The van der Waals surface area contributed by atoms with E-state index < -0.39 is 6.04 Å². The number of ether oxygens (including phenoxy) is 1. The zero-order chi connectivity index (χ0) is 13.8. The van der Waals surface area contributed by atoms with Gasteiger partial charge in [0.1, 0.15) is 11.9 Å². The second-order valence-electron chi connectivity index (χ2n) is 4.51. The normalized spacial score (nSPS) is 19.3. The summed E-state index contributed by atoms with van der Waals surface area (Å²) < 4.78 is 5.02. The van der Waals surface area contributed by atoms with Gasteiger partial charge < -0.3 is 9.64 Å². The number of amides is 1. The highest BCUT2D eigenvalue weighted by Crippen LogP contribution is 2.19. The summed E-state index contributed by atoms with van der Waals surface area (Å²) in [5, 5.41) is 6.48. The molecule has 1 amide bonds. The molecule has 1 fully saturated rings. The quantitative estimate of drug-likeness (QED) is 0.812. The third-order valence-corrected chi connectivity index (χ3v) is 3.11. The highest BCUT2D eigenvalue weighted by Gasteiger charge is 2.34. The Hall–Kier alpha value is -1.92. The summed E-state index contributed by atoms with van der Waals surface area (Å²) in [5.41, 5.74) is 0. The zero-order valence-corrected chi connectivity index (χ0v) is 11.2. The van der Waals surface area contributed by atoms with Crippen LogP contribution in [0.4, 0.5) is 0 Å². The average Bonchev–Trinajstić information content (AvgIpc) is 2.85. The Labute approximate surface area is 111 Å². The molecule has 1 unspecified atom stereocenters. The minimum atomic E-state index is -0.514. The number of nitrogens with zero attached hydrogens (tertiary/aromatic N) is 3. The van der Waals surface area contributed by atoms with Crippen LogP contribution in [0.5, 0.6) is 0 Å². The Bertz CT molecular complexity index is 471. The minimum Gasteiger partial charge on any atom is -0.464 e. The molecule has 7 nitrogen and oxygen atoms in total. The smallest absolute Gasteiger partial charge is 0.328 e. The third-order valence-electron chi connectivity index (χ3n) is 3.11. The first kappa shape index (κ1) is 13.5. The number of nitrogens with one attached hydrogen (secondary N) is 1. The van der Waals surface area contributed by atoms with Gasteiger partial charge in [-0.15, -0.1) is 5.10 Å². The number of H-pyrrole nitrogens is 1.